The van der Waals surface area contributed by atoms with E-state index >= 15 is 0 Å². The summed E-state index contributed by atoms with van der Waals surface area (Å²) in [6.07, 6.45) is 10.9. The normalized spacial score (nSPS) is 20.1. The molecular weight excluding hydrogens is 198 g/mol. The number of carbonyl (C=O) groups excluding carboxylic acids is 1. The van der Waals surface area contributed by atoms with Crippen molar-refractivity contribution in [2.24, 2.45) is 0 Å². The number of carbonyl (C=O) groups is 1. The third-order valence-corrected chi connectivity index (χ3v) is 3.42. The van der Waals surface area contributed by atoms with Crippen molar-refractivity contribution in [1.29, 1.82) is 0 Å². The molecule has 1 aliphatic heterocycles. The summed E-state index contributed by atoms with van der Waals surface area (Å²) >= 11 is 0. The van der Waals surface area contributed by atoms with Gasteiger partial charge in [-0.15, -0.1) is 6.58 Å². The lowest BCUT2D eigenvalue weighted by atomic mass is 10.1. The van der Waals surface area contributed by atoms with Gasteiger partial charge in [0.15, 0.2) is 0 Å². The molecule has 1 fully saturated rings. The number of likely N-dealkylation sites (tertiary alicyclic amines) is 1. The minimum Gasteiger partial charge on any atom is -0.340 e. The lowest BCUT2D eigenvalue weighted by Crippen LogP contribution is -2.33. The Balaban J connectivity index is 2.04. The molecule has 16 heavy (non-hydrogen) atoms. The standard InChI is InChI=1S/C14H25NO/c1-3-4-5-6-7-8-11-14(16)15-12-9-10-13(15)2/h3,13H,1,4-12H2,2H3. The van der Waals surface area contributed by atoms with Gasteiger partial charge in [-0.1, -0.05) is 18.9 Å². The molecule has 1 rings (SSSR count). The van der Waals surface area contributed by atoms with Crippen LogP contribution < -0.4 is 0 Å². The molecule has 0 spiro atoms. The fourth-order valence-corrected chi connectivity index (χ4v) is 2.37. The second-order valence-corrected chi connectivity index (χ2v) is 4.82. The first kappa shape index (κ1) is 13.3. The van der Waals surface area contributed by atoms with Gasteiger partial charge in [0.05, 0.1) is 0 Å². The van der Waals surface area contributed by atoms with Gasteiger partial charge in [-0.25, -0.2) is 0 Å². The maximum atomic E-state index is 11.9. The van der Waals surface area contributed by atoms with Crippen LogP contribution in [0.15, 0.2) is 12.7 Å². The van der Waals surface area contributed by atoms with Crippen molar-refractivity contribution in [3.63, 3.8) is 0 Å². The SMILES string of the molecule is C=CCCCCCCC(=O)N1CCCC1C. The predicted molar refractivity (Wildman–Crippen MR) is 68.3 cm³/mol. The Labute approximate surface area is 99.7 Å². The average molecular weight is 223 g/mol. The zero-order valence-corrected chi connectivity index (χ0v) is 10.6. The molecule has 0 aromatic rings. The lowest BCUT2D eigenvalue weighted by molar-refractivity contribution is -0.131. The fourth-order valence-electron chi connectivity index (χ4n) is 2.37. The van der Waals surface area contributed by atoms with Gasteiger partial charge in [0.2, 0.25) is 5.91 Å². The topological polar surface area (TPSA) is 20.3 Å². The van der Waals surface area contributed by atoms with Gasteiger partial charge in [-0.2, -0.15) is 0 Å². The van der Waals surface area contributed by atoms with Crippen molar-refractivity contribution < 1.29 is 4.79 Å². The Hall–Kier alpha value is -0.790. The van der Waals surface area contributed by atoms with E-state index in [2.05, 4.69) is 18.4 Å². The van der Waals surface area contributed by atoms with Crippen molar-refractivity contribution in [3.8, 4) is 0 Å². The van der Waals surface area contributed by atoms with Gasteiger partial charge in [0.1, 0.15) is 0 Å². The second kappa shape index (κ2) is 7.48. The van der Waals surface area contributed by atoms with Crippen molar-refractivity contribution >= 4 is 5.91 Å². The highest BCUT2D eigenvalue weighted by atomic mass is 16.2. The number of hydrogen-bond acceptors (Lipinski definition) is 1. The summed E-state index contributed by atoms with van der Waals surface area (Å²) in [7, 11) is 0. The van der Waals surface area contributed by atoms with E-state index in [-0.39, 0.29) is 0 Å². The molecule has 2 heteroatoms. The van der Waals surface area contributed by atoms with Crippen LogP contribution in [-0.4, -0.2) is 23.4 Å². The molecule has 0 aromatic carbocycles. The second-order valence-electron chi connectivity index (χ2n) is 4.82. The fraction of sp³-hybridized carbons (Fsp3) is 0.786. The highest BCUT2D eigenvalue weighted by Crippen LogP contribution is 2.18. The number of allylic oxidation sites excluding steroid dienone is 1. The molecule has 0 aliphatic carbocycles. The molecule has 2 nitrogen and oxygen atoms in total. The van der Waals surface area contributed by atoms with E-state index < -0.39 is 0 Å². The van der Waals surface area contributed by atoms with E-state index in [1.165, 1.54) is 32.1 Å². The number of rotatable bonds is 7. The summed E-state index contributed by atoms with van der Waals surface area (Å²) in [5.74, 6) is 0.369. The maximum absolute atomic E-state index is 11.9. The Morgan fingerprint density at radius 1 is 1.38 bits per heavy atom. The maximum Gasteiger partial charge on any atom is 0.222 e. The molecule has 1 unspecified atom stereocenters. The monoisotopic (exact) mass is 223 g/mol. The van der Waals surface area contributed by atoms with Crippen LogP contribution in [0.5, 0.6) is 0 Å². The zero-order valence-electron chi connectivity index (χ0n) is 10.6. The summed E-state index contributed by atoms with van der Waals surface area (Å²) in [6.45, 7) is 6.85. The quantitative estimate of drug-likeness (QED) is 0.477. The molecule has 0 bridgehead atoms. The third-order valence-electron chi connectivity index (χ3n) is 3.42. The van der Waals surface area contributed by atoms with Crippen LogP contribution in [0.1, 0.15) is 58.3 Å². The molecule has 1 saturated heterocycles. The number of hydrogen-bond donors (Lipinski definition) is 0. The highest BCUT2D eigenvalue weighted by molar-refractivity contribution is 5.76. The molecule has 1 heterocycles. The number of amides is 1. The smallest absolute Gasteiger partial charge is 0.222 e. The molecule has 0 saturated carbocycles. The zero-order chi connectivity index (χ0) is 11.8. The average Bonchev–Trinajstić information content (AvgIpc) is 2.69. The van der Waals surface area contributed by atoms with Gasteiger partial charge < -0.3 is 4.90 Å². The number of unbranched alkanes of at least 4 members (excludes halogenated alkanes) is 4. The Bertz CT molecular complexity index is 225. The van der Waals surface area contributed by atoms with Crippen LogP contribution in [0.3, 0.4) is 0 Å². The Morgan fingerprint density at radius 3 is 2.75 bits per heavy atom. The van der Waals surface area contributed by atoms with E-state index in [0.717, 1.165) is 25.8 Å². The van der Waals surface area contributed by atoms with E-state index in [1.807, 2.05) is 6.08 Å². The van der Waals surface area contributed by atoms with Crippen LogP contribution in [-0.2, 0) is 4.79 Å². The van der Waals surface area contributed by atoms with Crippen LogP contribution in [0.25, 0.3) is 0 Å². The number of nitrogens with zero attached hydrogens (tertiary/aromatic N) is 1. The van der Waals surface area contributed by atoms with E-state index in [1.54, 1.807) is 0 Å². The first-order chi connectivity index (χ1) is 7.75. The van der Waals surface area contributed by atoms with Crippen LogP contribution in [0.2, 0.25) is 0 Å². The first-order valence-electron chi connectivity index (χ1n) is 6.66. The summed E-state index contributed by atoms with van der Waals surface area (Å²) in [5, 5.41) is 0. The molecule has 0 aromatic heterocycles. The van der Waals surface area contributed by atoms with Crippen LogP contribution >= 0.6 is 0 Å². The van der Waals surface area contributed by atoms with E-state index in [9.17, 15) is 4.79 Å². The Kier molecular flexibility index (Phi) is 6.20. The molecule has 1 aliphatic rings. The van der Waals surface area contributed by atoms with Gasteiger partial charge in [0, 0.05) is 19.0 Å². The largest absolute Gasteiger partial charge is 0.340 e. The highest BCUT2D eigenvalue weighted by Gasteiger charge is 2.23. The molecule has 1 atom stereocenters. The van der Waals surface area contributed by atoms with Crippen molar-refractivity contribution in [2.45, 2.75) is 64.3 Å². The van der Waals surface area contributed by atoms with E-state index in [0.29, 0.717) is 11.9 Å². The first-order valence-corrected chi connectivity index (χ1v) is 6.66. The summed E-state index contributed by atoms with van der Waals surface area (Å²) < 4.78 is 0. The predicted octanol–water partition coefficient (Wildman–Crippen LogP) is 3.52. The van der Waals surface area contributed by atoms with Gasteiger partial charge in [-0.3, -0.25) is 4.79 Å². The summed E-state index contributed by atoms with van der Waals surface area (Å²) in [5.41, 5.74) is 0. The van der Waals surface area contributed by atoms with Crippen LogP contribution in [0.4, 0.5) is 0 Å². The minimum absolute atomic E-state index is 0.369. The van der Waals surface area contributed by atoms with Crippen molar-refractivity contribution in [2.75, 3.05) is 6.54 Å². The summed E-state index contributed by atoms with van der Waals surface area (Å²) in [6, 6.07) is 0.480. The van der Waals surface area contributed by atoms with Gasteiger partial charge in [-0.05, 0) is 39.0 Å². The molecule has 1 amide bonds. The molecule has 0 N–H and O–H groups in total. The van der Waals surface area contributed by atoms with Gasteiger partial charge >= 0.3 is 0 Å². The lowest BCUT2D eigenvalue weighted by Gasteiger charge is -2.21. The Morgan fingerprint density at radius 2 is 2.12 bits per heavy atom. The molecule has 92 valence electrons. The summed E-state index contributed by atoms with van der Waals surface area (Å²) in [4.78, 5) is 13.9. The third kappa shape index (κ3) is 4.38. The minimum atomic E-state index is 0.369. The van der Waals surface area contributed by atoms with Gasteiger partial charge in [0.25, 0.3) is 0 Å². The van der Waals surface area contributed by atoms with Crippen molar-refractivity contribution in [3.05, 3.63) is 12.7 Å². The van der Waals surface area contributed by atoms with E-state index in [4.69, 9.17) is 0 Å². The van der Waals surface area contributed by atoms with Crippen LogP contribution in [0, 0.1) is 0 Å². The molecule has 0 radical (unpaired) electrons. The molecular formula is C14H25NO. The van der Waals surface area contributed by atoms with Crippen molar-refractivity contribution in [1.82, 2.24) is 4.90 Å².